The SMILES string of the molecule is COc1ccccc1C(=O)NN=C(C)CC(=O)Nc1ccccc1C(F)(F)F. The van der Waals surface area contributed by atoms with Crippen molar-refractivity contribution in [1.29, 1.82) is 0 Å². The van der Waals surface area contributed by atoms with Gasteiger partial charge in [-0.2, -0.15) is 18.3 Å². The zero-order chi connectivity index (χ0) is 20.7. The largest absolute Gasteiger partial charge is 0.496 e. The molecule has 148 valence electrons. The third-order valence-electron chi connectivity index (χ3n) is 3.62. The van der Waals surface area contributed by atoms with E-state index >= 15 is 0 Å². The quantitative estimate of drug-likeness (QED) is 0.578. The number of ether oxygens (including phenoxy) is 1. The Kier molecular flexibility index (Phi) is 6.75. The first-order valence-corrected chi connectivity index (χ1v) is 8.15. The molecule has 2 amide bonds. The topological polar surface area (TPSA) is 79.8 Å². The highest BCUT2D eigenvalue weighted by molar-refractivity contribution is 6.06. The number of carbonyl (C=O) groups is 2. The van der Waals surface area contributed by atoms with Crippen molar-refractivity contribution >= 4 is 23.2 Å². The normalized spacial score (nSPS) is 11.7. The average molecular weight is 393 g/mol. The van der Waals surface area contributed by atoms with Gasteiger partial charge >= 0.3 is 6.18 Å². The maximum Gasteiger partial charge on any atom is 0.418 e. The van der Waals surface area contributed by atoms with Crippen LogP contribution in [0.5, 0.6) is 5.75 Å². The van der Waals surface area contributed by atoms with Gasteiger partial charge in [-0.25, -0.2) is 5.43 Å². The Bertz CT molecular complexity index is 895. The number of alkyl halides is 3. The van der Waals surface area contributed by atoms with Crippen LogP contribution in [0.2, 0.25) is 0 Å². The summed E-state index contributed by atoms with van der Waals surface area (Å²) in [4.78, 5) is 24.2. The van der Waals surface area contributed by atoms with Crippen LogP contribution in [0, 0.1) is 0 Å². The molecule has 0 aromatic heterocycles. The van der Waals surface area contributed by atoms with Gasteiger partial charge in [-0.1, -0.05) is 24.3 Å². The lowest BCUT2D eigenvalue weighted by molar-refractivity contribution is -0.137. The molecular weight excluding hydrogens is 375 g/mol. The van der Waals surface area contributed by atoms with E-state index in [1.165, 1.54) is 26.2 Å². The molecule has 9 heteroatoms. The van der Waals surface area contributed by atoms with Gasteiger partial charge in [0.05, 0.1) is 30.3 Å². The van der Waals surface area contributed by atoms with Crippen molar-refractivity contribution < 1.29 is 27.5 Å². The number of carbonyl (C=O) groups excluding carboxylic acids is 2. The van der Waals surface area contributed by atoms with Gasteiger partial charge in [0, 0.05) is 5.71 Å². The van der Waals surface area contributed by atoms with Crippen LogP contribution in [-0.4, -0.2) is 24.6 Å². The highest BCUT2D eigenvalue weighted by atomic mass is 19.4. The number of rotatable bonds is 6. The van der Waals surface area contributed by atoms with Gasteiger partial charge in [-0.15, -0.1) is 0 Å². The Morgan fingerprint density at radius 1 is 1.07 bits per heavy atom. The first-order valence-electron chi connectivity index (χ1n) is 8.15. The molecule has 0 bridgehead atoms. The monoisotopic (exact) mass is 393 g/mol. The van der Waals surface area contributed by atoms with Crippen LogP contribution in [0.25, 0.3) is 0 Å². The van der Waals surface area contributed by atoms with Crippen LogP contribution in [0.4, 0.5) is 18.9 Å². The number of benzene rings is 2. The van der Waals surface area contributed by atoms with E-state index in [0.29, 0.717) is 5.75 Å². The highest BCUT2D eigenvalue weighted by Crippen LogP contribution is 2.34. The summed E-state index contributed by atoms with van der Waals surface area (Å²) in [7, 11) is 1.42. The molecule has 0 saturated carbocycles. The van der Waals surface area contributed by atoms with Gasteiger partial charge in [0.1, 0.15) is 5.75 Å². The molecule has 0 unspecified atom stereocenters. The molecule has 2 aromatic carbocycles. The van der Waals surface area contributed by atoms with Crippen molar-refractivity contribution in [2.75, 3.05) is 12.4 Å². The van der Waals surface area contributed by atoms with Crippen molar-refractivity contribution in [3.8, 4) is 5.75 Å². The molecule has 0 atom stereocenters. The van der Waals surface area contributed by atoms with Crippen molar-refractivity contribution in [1.82, 2.24) is 5.43 Å². The summed E-state index contributed by atoms with van der Waals surface area (Å²) < 4.78 is 44.0. The number of anilines is 1. The predicted molar refractivity (Wildman–Crippen MR) is 98.3 cm³/mol. The summed E-state index contributed by atoms with van der Waals surface area (Å²) in [6.45, 7) is 1.47. The predicted octanol–water partition coefficient (Wildman–Crippen LogP) is 3.85. The van der Waals surface area contributed by atoms with E-state index < -0.39 is 23.6 Å². The van der Waals surface area contributed by atoms with E-state index in [1.807, 2.05) is 0 Å². The van der Waals surface area contributed by atoms with Gasteiger partial charge in [-0.3, -0.25) is 9.59 Å². The van der Waals surface area contributed by atoms with E-state index in [4.69, 9.17) is 4.74 Å². The molecule has 0 aliphatic rings. The number of hydrogen-bond acceptors (Lipinski definition) is 4. The van der Waals surface area contributed by atoms with Crippen molar-refractivity contribution in [2.24, 2.45) is 5.10 Å². The van der Waals surface area contributed by atoms with Crippen molar-refractivity contribution in [3.05, 3.63) is 59.7 Å². The number of para-hydroxylation sites is 2. The number of hydrazone groups is 1. The summed E-state index contributed by atoms with van der Waals surface area (Å²) in [6, 6.07) is 11.2. The Balaban J connectivity index is 2.00. The first kappa shape index (κ1) is 20.9. The molecule has 0 heterocycles. The Morgan fingerprint density at radius 3 is 2.39 bits per heavy atom. The minimum absolute atomic E-state index is 0.213. The van der Waals surface area contributed by atoms with Crippen LogP contribution in [0.15, 0.2) is 53.6 Å². The standard InChI is InChI=1S/C19H18F3N3O3/c1-12(24-25-18(27)13-7-3-6-10-16(13)28-2)11-17(26)23-15-9-5-4-8-14(15)19(20,21)22/h3-10H,11H2,1-2H3,(H,23,26)(H,25,27). The number of amides is 2. The van der Waals surface area contributed by atoms with Gasteiger partial charge in [-0.05, 0) is 31.2 Å². The molecule has 6 nitrogen and oxygen atoms in total. The average Bonchev–Trinajstić information content (AvgIpc) is 2.65. The molecule has 0 spiro atoms. The third-order valence-corrected chi connectivity index (χ3v) is 3.62. The number of nitrogens with one attached hydrogen (secondary N) is 2. The molecule has 0 saturated heterocycles. The summed E-state index contributed by atoms with van der Waals surface area (Å²) in [6.07, 6.45) is -4.88. The lowest BCUT2D eigenvalue weighted by Gasteiger charge is -2.13. The fourth-order valence-electron chi connectivity index (χ4n) is 2.34. The summed E-state index contributed by atoms with van der Waals surface area (Å²) in [5, 5.41) is 6.02. The second-order valence-corrected chi connectivity index (χ2v) is 5.76. The van der Waals surface area contributed by atoms with Crippen LogP contribution in [0.1, 0.15) is 29.3 Å². The smallest absolute Gasteiger partial charge is 0.418 e. The van der Waals surface area contributed by atoms with Gasteiger partial charge < -0.3 is 10.1 Å². The lowest BCUT2D eigenvalue weighted by atomic mass is 10.1. The van der Waals surface area contributed by atoms with Gasteiger partial charge in [0.2, 0.25) is 5.91 Å². The summed E-state index contributed by atoms with van der Waals surface area (Å²) >= 11 is 0. The van der Waals surface area contributed by atoms with Gasteiger partial charge in [0.15, 0.2) is 0 Å². The fourth-order valence-corrected chi connectivity index (χ4v) is 2.34. The van der Waals surface area contributed by atoms with Crippen molar-refractivity contribution in [2.45, 2.75) is 19.5 Å². The van der Waals surface area contributed by atoms with E-state index in [-0.39, 0.29) is 23.4 Å². The lowest BCUT2D eigenvalue weighted by Crippen LogP contribution is -2.22. The Morgan fingerprint density at radius 2 is 1.71 bits per heavy atom. The Hall–Kier alpha value is -3.36. The molecule has 2 rings (SSSR count). The molecule has 0 fully saturated rings. The Labute approximate surface area is 159 Å². The highest BCUT2D eigenvalue weighted by Gasteiger charge is 2.33. The number of hydrogen-bond donors (Lipinski definition) is 2. The number of halogens is 3. The second kappa shape index (κ2) is 9.03. The van der Waals surface area contributed by atoms with E-state index in [2.05, 4.69) is 15.8 Å². The summed E-state index contributed by atoms with van der Waals surface area (Å²) in [5.74, 6) is -0.876. The third kappa shape index (κ3) is 5.57. The van der Waals surface area contributed by atoms with Crippen LogP contribution >= 0.6 is 0 Å². The molecule has 0 aliphatic carbocycles. The minimum atomic E-state index is -4.59. The van der Waals surface area contributed by atoms with Crippen LogP contribution < -0.4 is 15.5 Å². The maximum absolute atomic E-state index is 13.0. The van der Waals surface area contributed by atoms with Gasteiger partial charge in [0.25, 0.3) is 5.91 Å². The van der Waals surface area contributed by atoms with E-state index in [9.17, 15) is 22.8 Å². The van der Waals surface area contributed by atoms with Crippen LogP contribution in [-0.2, 0) is 11.0 Å². The fraction of sp³-hybridized carbons (Fsp3) is 0.211. The molecule has 28 heavy (non-hydrogen) atoms. The molecule has 2 aromatic rings. The zero-order valence-electron chi connectivity index (χ0n) is 15.1. The zero-order valence-corrected chi connectivity index (χ0v) is 15.1. The second-order valence-electron chi connectivity index (χ2n) is 5.76. The van der Waals surface area contributed by atoms with Crippen molar-refractivity contribution in [3.63, 3.8) is 0 Å². The molecule has 0 aliphatic heterocycles. The number of nitrogens with zero attached hydrogens (tertiary/aromatic N) is 1. The van der Waals surface area contributed by atoms with E-state index in [0.717, 1.165) is 12.1 Å². The first-order chi connectivity index (χ1) is 13.2. The molecule has 2 N–H and O–H groups in total. The maximum atomic E-state index is 13.0. The summed E-state index contributed by atoms with van der Waals surface area (Å²) in [5.41, 5.74) is 1.47. The molecule has 0 radical (unpaired) electrons. The number of methoxy groups -OCH3 is 1. The van der Waals surface area contributed by atoms with Crippen LogP contribution in [0.3, 0.4) is 0 Å². The minimum Gasteiger partial charge on any atom is -0.496 e. The van der Waals surface area contributed by atoms with E-state index in [1.54, 1.807) is 24.3 Å². The molecular formula is C19H18F3N3O3.